The molecule has 2 aliphatic rings. The number of anilines is 2. The normalized spacial score (nSPS) is 17.4. The maximum atomic E-state index is 13.5. The van der Waals surface area contributed by atoms with E-state index < -0.39 is 6.10 Å². The Balaban J connectivity index is 1.50. The number of carbonyl (C=O) groups is 1. The minimum absolute atomic E-state index is 0.0529. The lowest BCUT2D eigenvalue weighted by Crippen LogP contribution is -2.18. The van der Waals surface area contributed by atoms with Crippen molar-refractivity contribution in [3.63, 3.8) is 0 Å². The number of benzene rings is 4. The highest BCUT2D eigenvalue weighted by molar-refractivity contribution is 6.12. The summed E-state index contributed by atoms with van der Waals surface area (Å²) in [5.41, 5.74) is 5.60. The summed E-state index contributed by atoms with van der Waals surface area (Å²) in [5.74, 6) is 0.445. The van der Waals surface area contributed by atoms with Crippen LogP contribution in [-0.2, 0) is 9.53 Å². The Morgan fingerprint density at radius 3 is 1.97 bits per heavy atom. The number of ketones is 1. The van der Waals surface area contributed by atoms with E-state index in [-0.39, 0.29) is 5.78 Å². The first-order chi connectivity index (χ1) is 14.6. The minimum Gasteiger partial charge on any atom is -0.461 e. The number of hydrogen-bond donors (Lipinski definition) is 2. The van der Waals surface area contributed by atoms with Gasteiger partial charge in [0.2, 0.25) is 11.7 Å². The number of nitrogens with one attached hydrogen (secondary N) is 2. The van der Waals surface area contributed by atoms with Gasteiger partial charge in [-0.05, 0) is 64.7 Å². The van der Waals surface area contributed by atoms with Crippen LogP contribution in [0.15, 0.2) is 78.3 Å². The Bertz CT molecular complexity index is 1360. The zero-order valence-electron chi connectivity index (χ0n) is 16.7. The van der Waals surface area contributed by atoms with Crippen molar-refractivity contribution < 1.29 is 9.53 Å². The predicted molar refractivity (Wildman–Crippen MR) is 120 cm³/mol. The van der Waals surface area contributed by atoms with E-state index >= 15 is 0 Å². The van der Waals surface area contributed by atoms with Crippen LogP contribution in [0.25, 0.3) is 21.5 Å². The fourth-order valence-corrected chi connectivity index (χ4v) is 4.49. The van der Waals surface area contributed by atoms with Crippen molar-refractivity contribution in [2.24, 2.45) is 0 Å². The van der Waals surface area contributed by atoms with Crippen LogP contribution in [0.3, 0.4) is 0 Å². The summed E-state index contributed by atoms with van der Waals surface area (Å²) in [4.78, 5) is 13.5. The molecule has 0 saturated heterocycles. The quantitative estimate of drug-likeness (QED) is 0.393. The molecule has 0 saturated carbocycles. The second-order valence-electron chi connectivity index (χ2n) is 8.03. The number of rotatable bonds is 1. The summed E-state index contributed by atoms with van der Waals surface area (Å²) >= 11 is 0. The van der Waals surface area contributed by atoms with Gasteiger partial charge in [-0.3, -0.25) is 4.79 Å². The molecule has 0 bridgehead atoms. The third-order valence-corrected chi connectivity index (χ3v) is 6.16. The second kappa shape index (κ2) is 6.10. The molecule has 0 unspecified atom stereocenters. The Kier molecular flexibility index (Phi) is 3.48. The molecule has 0 spiro atoms. The third kappa shape index (κ3) is 2.37. The Labute approximate surface area is 174 Å². The monoisotopic (exact) mass is 392 g/mol. The molecule has 0 fully saturated rings. The molecule has 6 rings (SSSR count). The van der Waals surface area contributed by atoms with Crippen LogP contribution in [0.4, 0.5) is 11.4 Å². The summed E-state index contributed by atoms with van der Waals surface area (Å²) in [6, 6.07) is 22.6. The molecule has 4 heteroatoms. The number of hydrogen-bond acceptors (Lipinski definition) is 4. The molecule has 4 nitrogen and oxygen atoms in total. The molecule has 2 aliphatic heterocycles. The first kappa shape index (κ1) is 17.1. The molecule has 4 aromatic carbocycles. The van der Waals surface area contributed by atoms with E-state index in [0.717, 1.165) is 38.5 Å². The van der Waals surface area contributed by atoms with Crippen molar-refractivity contribution in [3.05, 3.63) is 95.0 Å². The fourth-order valence-electron chi connectivity index (χ4n) is 4.49. The van der Waals surface area contributed by atoms with Crippen molar-refractivity contribution in [2.75, 3.05) is 10.6 Å². The highest BCUT2D eigenvalue weighted by Crippen LogP contribution is 2.44. The highest BCUT2D eigenvalue weighted by Gasteiger charge is 2.40. The van der Waals surface area contributed by atoms with E-state index in [9.17, 15) is 4.79 Å². The van der Waals surface area contributed by atoms with E-state index in [1.165, 1.54) is 11.1 Å². The topological polar surface area (TPSA) is 50.4 Å². The van der Waals surface area contributed by atoms with Gasteiger partial charge in [-0.15, -0.1) is 0 Å². The molecule has 0 aliphatic carbocycles. The van der Waals surface area contributed by atoms with Crippen molar-refractivity contribution in [1.82, 2.24) is 0 Å². The van der Waals surface area contributed by atoms with Crippen molar-refractivity contribution in [2.45, 2.75) is 20.0 Å². The molecule has 146 valence electrons. The maximum Gasteiger partial charge on any atom is 0.229 e. The van der Waals surface area contributed by atoms with Gasteiger partial charge in [-0.2, -0.15) is 0 Å². The zero-order chi connectivity index (χ0) is 20.4. The molecule has 1 atom stereocenters. The third-order valence-electron chi connectivity index (χ3n) is 6.16. The van der Waals surface area contributed by atoms with Gasteiger partial charge in [0, 0.05) is 5.56 Å². The molecule has 4 aromatic rings. The Morgan fingerprint density at radius 2 is 1.33 bits per heavy atom. The second-order valence-corrected chi connectivity index (χ2v) is 8.03. The molecular formula is C26H20N2O2. The molecule has 0 amide bonds. The van der Waals surface area contributed by atoms with Gasteiger partial charge >= 0.3 is 0 Å². The van der Waals surface area contributed by atoms with Gasteiger partial charge in [0.1, 0.15) is 5.70 Å². The first-order valence-electron chi connectivity index (χ1n) is 10.1. The summed E-state index contributed by atoms with van der Waals surface area (Å²) < 4.78 is 6.26. The van der Waals surface area contributed by atoms with Crippen LogP contribution in [0.2, 0.25) is 0 Å². The van der Waals surface area contributed by atoms with E-state index in [1.54, 1.807) is 0 Å². The van der Waals surface area contributed by atoms with Gasteiger partial charge in [-0.25, -0.2) is 0 Å². The fraction of sp³-hybridized carbons (Fsp3) is 0.115. The molecule has 0 aromatic heterocycles. The van der Waals surface area contributed by atoms with Crippen molar-refractivity contribution in [3.8, 4) is 0 Å². The number of Topliss-reactive ketones (excluding diaryl/α,β-unsaturated/α-hetero) is 1. The van der Waals surface area contributed by atoms with Crippen LogP contribution in [0.1, 0.15) is 22.8 Å². The number of carbonyl (C=O) groups excluding carboxylic acids is 1. The van der Waals surface area contributed by atoms with Gasteiger partial charge in [0.25, 0.3) is 0 Å². The van der Waals surface area contributed by atoms with E-state index in [0.29, 0.717) is 11.6 Å². The highest BCUT2D eigenvalue weighted by atomic mass is 16.5. The predicted octanol–water partition coefficient (Wildman–Crippen LogP) is 5.96. The van der Waals surface area contributed by atoms with E-state index in [2.05, 4.69) is 66.9 Å². The first-order valence-corrected chi connectivity index (χ1v) is 10.1. The molecule has 0 radical (unpaired) electrons. The lowest BCUT2D eigenvalue weighted by molar-refractivity contribution is -0.121. The van der Waals surface area contributed by atoms with E-state index in [4.69, 9.17) is 4.74 Å². The number of ether oxygens (including phenoxy) is 1. The minimum atomic E-state index is -0.692. The van der Waals surface area contributed by atoms with Crippen LogP contribution >= 0.6 is 0 Å². The number of aryl methyl sites for hydroxylation is 2. The summed E-state index contributed by atoms with van der Waals surface area (Å²) in [6.07, 6.45) is -0.692. The Morgan fingerprint density at radius 1 is 0.767 bits per heavy atom. The van der Waals surface area contributed by atoms with Gasteiger partial charge in [0.15, 0.2) is 6.10 Å². The summed E-state index contributed by atoms with van der Waals surface area (Å²) in [7, 11) is 0. The SMILES string of the molecule is Cc1cc2c(cc1C)NC1=C(N2)O[C@@H](c2c3ccccc3cc3ccccc23)C1=O. The summed E-state index contributed by atoms with van der Waals surface area (Å²) in [6.45, 7) is 4.14. The average Bonchev–Trinajstić information content (AvgIpc) is 3.06. The largest absolute Gasteiger partial charge is 0.461 e. The molecule has 30 heavy (non-hydrogen) atoms. The van der Waals surface area contributed by atoms with Crippen molar-refractivity contribution >= 4 is 38.7 Å². The van der Waals surface area contributed by atoms with Gasteiger partial charge < -0.3 is 15.4 Å². The van der Waals surface area contributed by atoms with Crippen LogP contribution in [0, 0.1) is 13.8 Å². The average molecular weight is 392 g/mol. The Hall–Kier alpha value is -3.79. The maximum absolute atomic E-state index is 13.5. The van der Waals surface area contributed by atoms with Crippen LogP contribution in [0.5, 0.6) is 0 Å². The molecule has 2 N–H and O–H groups in total. The van der Waals surface area contributed by atoms with Crippen LogP contribution < -0.4 is 10.6 Å². The zero-order valence-corrected chi connectivity index (χ0v) is 16.7. The lowest BCUT2D eigenvalue weighted by Gasteiger charge is -2.21. The smallest absolute Gasteiger partial charge is 0.229 e. The van der Waals surface area contributed by atoms with E-state index in [1.807, 2.05) is 24.3 Å². The molecular weight excluding hydrogens is 372 g/mol. The van der Waals surface area contributed by atoms with Gasteiger partial charge in [-0.1, -0.05) is 48.5 Å². The van der Waals surface area contributed by atoms with Crippen LogP contribution in [-0.4, -0.2) is 5.78 Å². The summed E-state index contributed by atoms with van der Waals surface area (Å²) in [5, 5.41) is 10.9. The van der Waals surface area contributed by atoms with Gasteiger partial charge in [0.05, 0.1) is 11.4 Å². The number of fused-ring (bicyclic) bond motifs is 3. The standard InChI is InChI=1S/C26H20N2O2/c1-14-11-20-21(12-15(14)2)28-26-23(27-20)24(29)25(30-26)22-18-9-5-3-7-16(18)13-17-8-4-6-10-19(17)22/h3-13,25,27-28H,1-2H3/t25-/m0/s1. The lowest BCUT2D eigenvalue weighted by atomic mass is 9.91. The molecule has 2 heterocycles. The van der Waals surface area contributed by atoms with Crippen molar-refractivity contribution in [1.29, 1.82) is 0 Å².